The molecule has 1 amide bonds. The molecule has 442 valence electrons. The fourth-order valence-corrected chi connectivity index (χ4v) is 9.63. The number of unbranched alkanes of at least 4 members (excludes halogenated alkanes) is 31. The fourth-order valence-electron chi connectivity index (χ4n) is 8.91. The van der Waals surface area contributed by atoms with Crippen molar-refractivity contribution in [1.82, 2.24) is 5.32 Å². The average Bonchev–Trinajstić information content (AvgIpc) is 3.38. The zero-order valence-corrected chi connectivity index (χ0v) is 51.3. The number of allylic oxidation sites excluding steroid dienone is 11. The normalized spacial score (nSPS) is 14.1. The Balaban J connectivity index is 5.23. The van der Waals surface area contributed by atoms with Gasteiger partial charge in [-0.2, -0.15) is 0 Å². The van der Waals surface area contributed by atoms with Gasteiger partial charge in [-0.25, -0.2) is 0 Å². The highest BCUT2D eigenvalue weighted by Crippen LogP contribution is 2.38. The van der Waals surface area contributed by atoms with Gasteiger partial charge in [0.25, 0.3) is 7.82 Å². The van der Waals surface area contributed by atoms with E-state index in [1.165, 1.54) is 148 Å². The molecule has 0 saturated carbocycles. The molecule has 0 aromatic rings. The van der Waals surface area contributed by atoms with Crippen molar-refractivity contribution in [2.75, 3.05) is 40.9 Å². The highest BCUT2D eigenvalue weighted by Gasteiger charge is 2.27. The van der Waals surface area contributed by atoms with Gasteiger partial charge in [0, 0.05) is 12.8 Å². The van der Waals surface area contributed by atoms with Crippen LogP contribution < -0.4 is 10.2 Å². The summed E-state index contributed by atoms with van der Waals surface area (Å²) >= 11 is 0. The first-order chi connectivity index (χ1) is 36.9. The van der Waals surface area contributed by atoms with E-state index < -0.39 is 26.6 Å². The second-order valence-electron chi connectivity index (χ2n) is 22.6. The summed E-state index contributed by atoms with van der Waals surface area (Å²) in [6.45, 7) is 6.80. The van der Waals surface area contributed by atoms with Crippen LogP contribution in [0.2, 0.25) is 0 Å². The number of carbonyl (C=O) groups excluding carboxylic acids is 2. The Morgan fingerprint density at radius 1 is 0.461 bits per heavy atom. The molecule has 0 aliphatic heterocycles. The Morgan fingerprint density at radius 2 is 0.803 bits per heavy atom. The molecule has 3 unspecified atom stereocenters. The van der Waals surface area contributed by atoms with Crippen LogP contribution in [-0.2, 0) is 27.9 Å². The molecule has 0 spiro atoms. The van der Waals surface area contributed by atoms with Crippen LogP contribution in [0.1, 0.15) is 284 Å². The molecule has 0 aliphatic rings. The van der Waals surface area contributed by atoms with Crippen molar-refractivity contribution in [2.45, 2.75) is 296 Å². The van der Waals surface area contributed by atoms with E-state index in [0.717, 1.165) is 103 Å². The minimum atomic E-state index is -4.70. The number of ether oxygens (including phenoxy) is 1. The third kappa shape index (κ3) is 56.2. The Morgan fingerprint density at radius 3 is 1.25 bits per heavy atom. The summed E-state index contributed by atoms with van der Waals surface area (Å²) in [4.78, 5) is 40.0. The topological polar surface area (TPSA) is 114 Å². The summed E-state index contributed by atoms with van der Waals surface area (Å²) in [5.41, 5.74) is 0. The second kappa shape index (κ2) is 55.8. The number of nitrogens with one attached hydrogen (secondary N) is 1. The van der Waals surface area contributed by atoms with Crippen molar-refractivity contribution in [3.05, 3.63) is 72.9 Å². The molecule has 0 rings (SSSR count). The number of hydrogen-bond acceptors (Lipinski definition) is 7. The van der Waals surface area contributed by atoms with Crippen LogP contribution in [0.25, 0.3) is 0 Å². The van der Waals surface area contributed by atoms with Gasteiger partial charge >= 0.3 is 5.97 Å². The maximum Gasteiger partial charge on any atom is 0.306 e. The summed E-state index contributed by atoms with van der Waals surface area (Å²) < 4.78 is 30.3. The lowest BCUT2D eigenvalue weighted by molar-refractivity contribution is -0.870. The lowest BCUT2D eigenvalue weighted by Crippen LogP contribution is -2.47. The quantitative estimate of drug-likeness (QED) is 0.0212. The van der Waals surface area contributed by atoms with Crippen LogP contribution in [0.3, 0.4) is 0 Å². The first-order valence-corrected chi connectivity index (χ1v) is 33.2. The highest BCUT2D eigenvalue weighted by atomic mass is 31.2. The fraction of sp³-hybridized carbons (Fsp3) is 0.788. The van der Waals surface area contributed by atoms with E-state index >= 15 is 0 Å². The zero-order chi connectivity index (χ0) is 55.7. The SMILES string of the molecule is CCCCC/C=C\C/C=C\C/C=C\C/C=C\CCCCCCCCCC(=O)OC(/C=C\CCCCCCCCCCCC)C(COP(=O)([O-])OCC[N+](C)(C)C)NC(=O)CCCCCCCCC/C=C\CCCCCC. The number of nitrogens with zero attached hydrogens (tertiary/aromatic N) is 1. The van der Waals surface area contributed by atoms with Crippen LogP contribution in [-0.4, -0.2) is 69.4 Å². The molecular weight excluding hydrogens is 964 g/mol. The summed E-state index contributed by atoms with van der Waals surface area (Å²) in [5, 5.41) is 3.02. The highest BCUT2D eigenvalue weighted by molar-refractivity contribution is 7.45. The number of quaternary nitrogens is 1. The molecule has 0 radical (unpaired) electrons. The predicted molar refractivity (Wildman–Crippen MR) is 325 cm³/mol. The molecule has 0 heterocycles. The van der Waals surface area contributed by atoms with E-state index in [9.17, 15) is 19.0 Å². The van der Waals surface area contributed by atoms with E-state index in [2.05, 4.69) is 86.8 Å². The predicted octanol–water partition coefficient (Wildman–Crippen LogP) is 19.0. The van der Waals surface area contributed by atoms with E-state index in [1.54, 1.807) is 0 Å². The lowest BCUT2D eigenvalue weighted by atomic mass is 10.0. The number of rotatable bonds is 57. The number of phosphoric ester groups is 1. The molecule has 76 heavy (non-hydrogen) atoms. The molecule has 0 saturated heterocycles. The molecule has 0 aromatic heterocycles. The average molecular weight is 1090 g/mol. The van der Waals surface area contributed by atoms with Crippen molar-refractivity contribution >= 4 is 19.7 Å². The first kappa shape index (κ1) is 73.5. The van der Waals surface area contributed by atoms with Gasteiger partial charge in [-0.05, 0) is 102 Å². The number of likely N-dealkylation sites (N-methyl/N-ethyl adjacent to an activating group) is 1. The summed E-state index contributed by atoms with van der Waals surface area (Å²) in [6, 6.07) is -0.897. The molecule has 0 aliphatic carbocycles. The largest absolute Gasteiger partial charge is 0.756 e. The van der Waals surface area contributed by atoms with Crippen LogP contribution >= 0.6 is 7.82 Å². The summed E-state index contributed by atoms with van der Waals surface area (Å²) in [7, 11) is 1.17. The van der Waals surface area contributed by atoms with Crippen molar-refractivity contribution in [2.24, 2.45) is 0 Å². The van der Waals surface area contributed by atoms with Gasteiger partial charge in [0.05, 0.1) is 33.8 Å². The maximum atomic E-state index is 13.5. The van der Waals surface area contributed by atoms with Gasteiger partial charge in [-0.15, -0.1) is 0 Å². The Labute approximate surface area is 470 Å². The van der Waals surface area contributed by atoms with Gasteiger partial charge in [0.1, 0.15) is 19.3 Å². The van der Waals surface area contributed by atoms with E-state index in [1.807, 2.05) is 33.3 Å². The molecule has 9 nitrogen and oxygen atoms in total. The number of hydrogen-bond donors (Lipinski definition) is 1. The van der Waals surface area contributed by atoms with Crippen molar-refractivity contribution in [1.29, 1.82) is 0 Å². The first-order valence-electron chi connectivity index (χ1n) is 31.7. The molecule has 0 aromatic carbocycles. The van der Waals surface area contributed by atoms with Gasteiger partial charge in [0.15, 0.2) is 0 Å². The van der Waals surface area contributed by atoms with Gasteiger partial charge in [-0.1, -0.05) is 242 Å². The lowest BCUT2D eigenvalue weighted by Gasteiger charge is -2.30. The monoisotopic (exact) mass is 1080 g/mol. The van der Waals surface area contributed by atoms with E-state index in [4.69, 9.17) is 13.8 Å². The smallest absolute Gasteiger partial charge is 0.306 e. The third-order valence-corrected chi connectivity index (χ3v) is 14.8. The van der Waals surface area contributed by atoms with Crippen LogP contribution in [0.4, 0.5) is 0 Å². The molecular formula is C66H121N2O7P. The molecule has 10 heteroatoms. The van der Waals surface area contributed by atoms with Crippen molar-refractivity contribution in [3.8, 4) is 0 Å². The van der Waals surface area contributed by atoms with Gasteiger partial charge in [-0.3, -0.25) is 14.2 Å². The summed E-state index contributed by atoms with van der Waals surface area (Å²) in [6.07, 6.45) is 71.5. The maximum absolute atomic E-state index is 13.5. The van der Waals surface area contributed by atoms with Crippen LogP contribution in [0.5, 0.6) is 0 Å². The van der Waals surface area contributed by atoms with Crippen LogP contribution in [0, 0.1) is 0 Å². The molecule has 1 N–H and O–H groups in total. The molecule has 0 fully saturated rings. The number of carbonyl (C=O) groups is 2. The Hall–Kier alpha value is -2.55. The van der Waals surface area contributed by atoms with Crippen molar-refractivity contribution < 1.29 is 37.3 Å². The van der Waals surface area contributed by atoms with Gasteiger partial charge < -0.3 is 28.5 Å². The Kier molecular flexibility index (Phi) is 53.9. The Bertz CT molecular complexity index is 1530. The third-order valence-electron chi connectivity index (χ3n) is 13.9. The number of esters is 1. The van der Waals surface area contributed by atoms with Crippen LogP contribution in [0.15, 0.2) is 72.9 Å². The van der Waals surface area contributed by atoms with Gasteiger partial charge in [0.2, 0.25) is 5.91 Å². The van der Waals surface area contributed by atoms with E-state index in [0.29, 0.717) is 17.4 Å². The summed E-state index contributed by atoms with van der Waals surface area (Å²) in [5.74, 6) is -0.556. The second-order valence-corrected chi connectivity index (χ2v) is 24.0. The zero-order valence-electron chi connectivity index (χ0n) is 50.4. The standard InChI is InChI=1S/C66H121N2O7P/c1-7-10-13-16-19-22-25-28-30-31-32-33-34-35-36-37-39-41-44-47-50-53-56-59-66(70)75-64(57-54-51-48-45-42-27-24-21-18-15-12-9-3)63(62-74-76(71,72)73-61-60-68(4,5)6)67-65(69)58-55-52-49-46-43-40-38-29-26-23-20-17-14-11-8-2/h19,22-23,26,28,30,32-33,35-36,54,57,63-64H,7-18,20-21,24-25,27,29,31,34,37-53,55-56,58-62H2,1-6H3,(H-,67,69,71,72)/b22-19-,26-23-,30-28-,33-32-,36-35-,57-54-. The minimum absolute atomic E-state index is 0.0269. The molecule has 3 atom stereocenters. The molecule has 0 bridgehead atoms. The number of phosphoric acid groups is 1. The van der Waals surface area contributed by atoms with Crippen molar-refractivity contribution in [3.63, 3.8) is 0 Å². The van der Waals surface area contributed by atoms with E-state index in [-0.39, 0.29) is 24.9 Å². The minimum Gasteiger partial charge on any atom is -0.756 e. The number of amides is 1.